The van der Waals surface area contributed by atoms with Gasteiger partial charge in [-0.15, -0.1) is 0 Å². The summed E-state index contributed by atoms with van der Waals surface area (Å²) in [6.45, 7) is 5.57. The van der Waals surface area contributed by atoms with Gasteiger partial charge in [-0.05, 0) is 38.5 Å². The third-order valence-electron chi connectivity index (χ3n) is 4.49. The lowest BCUT2D eigenvalue weighted by Crippen LogP contribution is -2.36. The molecule has 3 aromatic rings. The smallest absolute Gasteiger partial charge is 0.258 e. The topological polar surface area (TPSA) is 68.5 Å². The van der Waals surface area contributed by atoms with Gasteiger partial charge in [-0.25, -0.2) is 0 Å². The Morgan fingerprint density at radius 2 is 1.93 bits per heavy atom. The van der Waals surface area contributed by atoms with E-state index in [1.165, 1.54) is 6.07 Å². The molecule has 1 atom stereocenters. The molecule has 0 aliphatic heterocycles. The fraction of sp³-hybridized carbons (Fsp3) is 0.273. The third kappa shape index (κ3) is 4.37. The molecule has 2 aromatic carbocycles. The molecule has 0 aliphatic rings. The highest BCUT2D eigenvalue weighted by Gasteiger charge is 2.19. The van der Waals surface area contributed by atoms with Crippen molar-refractivity contribution in [3.63, 3.8) is 0 Å². The summed E-state index contributed by atoms with van der Waals surface area (Å²) in [5.74, 6) is -0.0103. The number of hydrogen-bond acceptors (Lipinski definition) is 4. The molecule has 5 nitrogen and oxygen atoms in total. The third-order valence-corrected chi connectivity index (χ3v) is 4.73. The van der Waals surface area contributed by atoms with Crippen LogP contribution in [0.15, 0.2) is 51.7 Å². The summed E-state index contributed by atoms with van der Waals surface area (Å²) in [4.78, 5) is 25.2. The lowest BCUT2D eigenvalue weighted by atomic mass is 10.1. The maximum absolute atomic E-state index is 13.1. The van der Waals surface area contributed by atoms with Gasteiger partial charge >= 0.3 is 0 Å². The molecule has 0 radical (unpaired) electrons. The highest BCUT2D eigenvalue weighted by Crippen LogP contribution is 2.31. The van der Waals surface area contributed by atoms with Crippen LogP contribution < -0.4 is 15.5 Å². The van der Waals surface area contributed by atoms with Crippen molar-refractivity contribution < 1.29 is 13.9 Å². The first-order valence-electron chi connectivity index (χ1n) is 9.14. The van der Waals surface area contributed by atoms with Gasteiger partial charge in [0.1, 0.15) is 5.58 Å². The van der Waals surface area contributed by atoms with Crippen LogP contribution in [0.3, 0.4) is 0 Å². The Hall–Kier alpha value is -2.79. The molecule has 6 heteroatoms. The maximum Gasteiger partial charge on any atom is 0.258 e. The molecule has 28 heavy (non-hydrogen) atoms. The second-order valence-electron chi connectivity index (χ2n) is 6.76. The van der Waals surface area contributed by atoms with E-state index in [1.807, 2.05) is 45.0 Å². The number of carbonyl (C=O) groups excluding carboxylic acids is 1. The molecule has 0 saturated heterocycles. The molecule has 146 valence electrons. The second-order valence-corrected chi connectivity index (χ2v) is 7.20. The van der Waals surface area contributed by atoms with Crippen molar-refractivity contribution in [2.45, 2.75) is 33.2 Å². The van der Waals surface area contributed by atoms with Crippen LogP contribution in [0.2, 0.25) is 5.02 Å². The predicted octanol–water partition coefficient (Wildman–Crippen LogP) is 4.72. The largest absolute Gasteiger partial charge is 0.476 e. The molecule has 0 saturated carbocycles. The minimum atomic E-state index is -0.365. The molecule has 1 aromatic heterocycles. The summed E-state index contributed by atoms with van der Waals surface area (Å²) in [6.07, 6.45) is 0.803. The van der Waals surface area contributed by atoms with E-state index in [4.69, 9.17) is 20.8 Å². The minimum absolute atomic E-state index is 0.00192. The van der Waals surface area contributed by atoms with Crippen LogP contribution in [-0.4, -0.2) is 18.6 Å². The SMILES string of the molecule is CCC(C)NC(=O)COc1c(-c2ccc(C)cc2)oc2ccc(Cl)cc2c1=O. The van der Waals surface area contributed by atoms with Gasteiger partial charge in [-0.1, -0.05) is 48.4 Å². The Morgan fingerprint density at radius 1 is 1.21 bits per heavy atom. The van der Waals surface area contributed by atoms with Crippen molar-refractivity contribution >= 4 is 28.5 Å². The summed E-state index contributed by atoms with van der Waals surface area (Å²) in [5, 5.41) is 3.54. The number of benzene rings is 2. The summed E-state index contributed by atoms with van der Waals surface area (Å²) in [7, 11) is 0. The number of amides is 1. The zero-order valence-corrected chi connectivity index (χ0v) is 16.8. The van der Waals surface area contributed by atoms with Crippen LogP contribution in [0.5, 0.6) is 5.75 Å². The van der Waals surface area contributed by atoms with Crippen LogP contribution >= 0.6 is 11.6 Å². The monoisotopic (exact) mass is 399 g/mol. The number of carbonyl (C=O) groups is 1. The van der Waals surface area contributed by atoms with Crippen molar-refractivity contribution in [3.05, 3.63) is 63.3 Å². The van der Waals surface area contributed by atoms with Gasteiger partial charge in [0.15, 0.2) is 12.4 Å². The van der Waals surface area contributed by atoms with Crippen molar-refractivity contribution in [1.29, 1.82) is 0 Å². The van der Waals surface area contributed by atoms with Crippen LogP contribution in [-0.2, 0) is 4.79 Å². The molecule has 1 amide bonds. The Labute approximate surface area is 168 Å². The van der Waals surface area contributed by atoms with Crippen molar-refractivity contribution in [2.75, 3.05) is 6.61 Å². The van der Waals surface area contributed by atoms with Crippen molar-refractivity contribution in [1.82, 2.24) is 5.32 Å². The normalized spacial score (nSPS) is 12.0. The number of fused-ring (bicyclic) bond motifs is 1. The van der Waals surface area contributed by atoms with Gasteiger partial charge in [-0.2, -0.15) is 0 Å². The first kappa shape index (κ1) is 20.0. The van der Waals surface area contributed by atoms with Gasteiger partial charge < -0.3 is 14.5 Å². The summed E-state index contributed by atoms with van der Waals surface area (Å²) in [5.41, 5.74) is 1.81. The fourth-order valence-corrected chi connectivity index (χ4v) is 2.90. The molecule has 0 aliphatic carbocycles. The van der Waals surface area contributed by atoms with Crippen LogP contribution in [0.4, 0.5) is 0 Å². The molecule has 1 heterocycles. The highest BCUT2D eigenvalue weighted by atomic mass is 35.5. The second kappa shape index (κ2) is 8.48. The minimum Gasteiger partial charge on any atom is -0.476 e. The van der Waals surface area contributed by atoms with Crippen molar-refractivity contribution in [2.24, 2.45) is 0 Å². The zero-order chi connectivity index (χ0) is 20.3. The molecule has 1 N–H and O–H groups in total. The quantitative estimate of drug-likeness (QED) is 0.651. The summed E-state index contributed by atoms with van der Waals surface area (Å²) < 4.78 is 11.6. The number of nitrogens with one attached hydrogen (secondary N) is 1. The maximum atomic E-state index is 13.1. The first-order valence-corrected chi connectivity index (χ1v) is 9.52. The zero-order valence-electron chi connectivity index (χ0n) is 16.0. The van der Waals surface area contributed by atoms with E-state index in [0.29, 0.717) is 21.6 Å². The van der Waals surface area contributed by atoms with E-state index >= 15 is 0 Å². The lowest BCUT2D eigenvalue weighted by Gasteiger charge is -2.14. The van der Waals surface area contributed by atoms with Gasteiger partial charge in [-0.3, -0.25) is 9.59 Å². The van der Waals surface area contributed by atoms with E-state index in [2.05, 4.69) is 5.32 Å². The average molecular weight is 400 g/mol. The molecular weight excluding hydrogens is 378 g/mol. The lowest BCUT2D eigenvalue weighted by molar-refractivity contribution is -0.123. The number of rotatable bonds is 6. The van der Waals surface area contributed by atoms with Crippen LogP contribution in [0.1, 0.15) is 25.8 Å². The Balaban J connectivity index is 2.05. The Bertz CT molecular complexity index is 1060. The predicted molar refractivity (Wildman–Crippen MR) is 111 cm³/mol. The first-order chi connectivity index (χ1) is 13.4. The van der Waals surface area contributed by atoms with Gasteiger partial charge in [0.05, 0.1) is 5.39 Å². The number of halogens is 1. The van der Waals surface area contributed by atoms with E-state index in [9.17, 15) is 9.59 Å². The van der Waals surface area contributed by atoms with Crippen molar-refractivity contribution in [3.8, 4) is 17.1 Å². The number of aryl methyl sites for hydroxylation is 1. The van der Waals surface area contributed by atoms with Crippen LogP contribution in [0, 0.1) is 6.92 Å². The van der Waals surface area contributed by atoms with Crippen LogP contribution in [0.25, 0.3) is 22.3 Å². The average Bonchev–Trinajstić information content (AvgIpc) is 2.68. The standard InChI is InChI=1S/C22H22ClNO4/c1-4-14(3)24-19(25)12-27-22-20(26)17-11-16(23)9-10-18(17)28-21(22)15-7-5-13(2)6-8-15/h5-11,14H,4,12H2,1-3H3,(H,24,25). The molecule has 1 unspecified atom stereocenters. The number of ether oxygens (including phenoxy) is 1. The number of hydrogen-bond donors (Lipinski definition) is 1. The van der Waals surface area contributed by atoms with E-state index in [-0.39, 0.29) is 35.5 Å². The van der Waals surface area contributed by atoms with E-state index in [0.717, 1.165) is 12.0 Å². The van der Waals surface area contributed by atoms with Gasteiger partial charge in [0, 0.05) is 16.6 Å². The van der Waals surface area contributed by atoms with E-state index in [1.54, 1.807) is 12.1 Å². The Morgan fingerprint density at radius 3 is 2.61 bits per heavy atom. The Kier molecular flexibility index (Phi) is 6.05. The molecule has 0 spiro atoms. The molecular formula is C22H22ClNO4. The fourth-order valence-electron chi connectivity index (χ4n) is 2.73. The summed E-state index contributed by atoms with van der Waals surface area (Å²) in [6, 6.07) is 12.4. The summed E-state index contributed by atoms with van der Waals surface area (Å²) >= 11 is 6.03. The van der Waals surface area contributed by atoms with Gasteiger partial charge in [0.2, 0.25) is 11.2 Å². The molecule has 0 bridgehead atoms. The van der Waals surface area contributed by atoms with Gasteiger partial charge in [0.25, 0.3) is 5.91 Å². The highest BCUT2D eigenvalue weighted by molar-refractivity contribution is 6.31. The van der Waals surface area contributed by atoms with E-state index < -0.39 is 0 Å². The molecule has 0 fully saturated rings. The molecule has 3 rings (SSSR count).